The number of hydrogen-bond acceptors (Lipinski definition) is 5. The molecule has 5 heteroatoms. The van der Waals surface area contributed by atoms with Gasteiger partial charge in [-0.3, -0.25) is 0 Å². The Hall–Kier alpha value is -7.37. The van der Waals surface area contributed by atoms with Gasteiger partial charge in [-0.1, -0.05) is 146 Å². The summed E-state index contributed by atoms with van der Waals surface area (Å²) in [6.45, 7) is 0. The molecule has 8 aromatic carbocycles. The van der Waals surface area contributed by atoms with Gasteiger partial charge in [-0.05, 0) is 64.4 Å². The molecule has 0 fully saturated rings. The molecule has 0 saturated heterocycles. The van der Waals surface area contributed by atoms with Crippen LogP contribution >= 0.6 is 0 Å². The maximum atomic E-state index is 6.63. The normalized spacial score (nSPS) is 11.3. The molecule has 0 aliphatic rings. The van der Waals surface area contributed by atoms with Crippen LogP contribution in [0.5, 0.6) is 0 Å². The van der Waals surface area contributed by atoms with Crippen LogP contribution in [0.1, 0.15) is 0 Å². The van der Waals surface area contributed by atoms with Crippen LogP contribution in [0.25, 0.3) is 78.0 Å². The number of furan rings is 1. The lowest BCUT2D eigenvalue weighted by Crippen LogP contribution is -2.10. The van der Waals surface area contributed by atoms with Gasteiger partial charge < -0.3 is 9.32 Å². The summed E-state index contributed by atoms with van der Waals surface area (Å²) in [5, 5.41) is 4.28. The average Bonchev–Trinajstić information content (AvgIpc) is 3.63. The van der Waals surface area contributed by atoms with Crippen LogP contribution in [0.2, 0.25) is 0 Å². The first-order valence-corrected chi connectivity index (χ1v) is 18.0. The van der Waals surface area contributed by atoms with Crippen LogP contribution in [0.3, 0.4) is 0 Å². The predicted octanol–water partition coefficient (Wildman–Crippen LogP) is 13.1. The Morgan fingerprint density at radius 3 is 1.59 bits per heavy atom. The number of fused-ring (bicyclic) bond motifs is 4. The van der Waals surface area contributed by atoms with Gasteiger partial charge in [0.05, 0.1) is 5.69 Å². The molecule has 0 aliphatic heterocycles. The van der Waals surface area contributed by atoms with Crippen LogP contribution in [-0.2, 0) is 0 Å². The predicted molar refractivity (Wildman–Crippen MR) is 221 cm³/mol. The molecule has 0 N–H and O–H groups in total. The molecule has 0 atom stereocenters. The second-order valence-corrected chi connectivity index (χ2v) is 13.3. The number of aromatic nitrogens is 3. The van der Waals surface area contributed by atoms with E-state index in [1.165, 1.54) is 16.5 Å². The smallest absolute Gasteiger partial charge is 0.164 e. The van der Waals surface area contributed by atoms with Crippen molar-refractivity contribution in [3.05, 3.63) is 194 Å². The molecule has 0 bridgehead atoms. The lowest BCUT2D eigenvalue weighted by molar-refractivity contribution is 0.669. The van der Waals surface area contributed by atoms with E-state index in [0.29, 0.717) is 17.5 Å². The quantitative estimate of drug-likeness (QED) is 0.166. The standard InChI is InChI=1S/C49H32N4O/c1-5-15-33(16-6-1)36-25-26-38-30-40(28-27-37(38)29-36)53(39-21-11-4-12-22-39)41-31-43(46-42-23-13-14-24-44(42)54-45(46)32-41)49-51-47(34-17-7-2-8-18-34)50-48(52-49)35-19-9-3-10-20-35/h1-32H. The molecule has 10 rings (SSSR count). The zero-order chi connectivity index (χ0) is 35.8. The van der Waals surface area contributed by atoms with Gasteiger partial charge in [0.15, 0.2) is 17.5 Å². The molecule has 0 amide bonds. The van der Waals surface area contributed by atoms with E-state index in [1.807, 2.05) is 91.0 Å². The van der Waals surface area contributed by atoms with Gasteiger partial charge in [-0.2, -0.15) is 0 Å². The third-order valence-corrected chi connectivity index (χ3v) is 9.87. The Morgan fingerprint density at radius 1 is 0.352 bits per heavy atom. The van der Waals surface area contributed by atoms with Gasteiger partial charge >= 0.3 is 0 Å². The topological polar surface area (TPSA) is 55.1 Å². The number of nitrogens with zero attached hydrogens (tertiary/aromatic N) is 4. The van der Waals surface area contributed by atoms with Crippen LogP contribution in [0, 0.1) is 0 Å². The van der Waals surface area contributed by atoms with E-state index in [-0.39, 0.29) is 0 Å². The SMILES string of the molecule is c1ccc(-c2ccc3cc(N(c4ccccc4)c4cc(-c5nc(-c6ccccc6)nc(-c6ccccc6)n5)c5c(c4)oc4ccccc45)ccc3c2)cc1. The highest BCUT2D eigenvalue weighted by Gasteiger charge is 2.22. The summed E-state index contributed by atoms with van der Waals surface area (Å²) in [6.07, 6.45) is 0. The van der Waals surface area contributed by atoms with Crippen molar-refractivity contribution in [3.63, 3.8) is 0 Å². The average molecular weight is 693 g/mol. The first kappa shape index (κ1) is 31.4. The molecular formula is C49H32N4O. The van der Waals surface area contributed by atoms with E-state index in [0.717, 1.165) is 61.1 Å². The fourth-order valence-electron chi connectivity index (χ4n) is 7.28. The van der Waals surface area contributed by atoms with Gasteiger partial charge in [0, 0.05) is 44.9 Å². The maximum Gasteiger partial charge on any atom is 0.164 e. The molecule has 2 aromatic heterocycles. The van der Waals surface area contributed by atoms with Crippen molar-refractivity contribution in [2.24, 2.45) is 0 Å². The lowest BCUT2D eigenvalue weighted by Gasteiger charge is -2.26. The highest BCUT2D eigenvalue weighted by molar-refractivity contribution is 6.13. The van der Waals surface area contributed by atoms with E-state index in [4.69, 9.17) is 19.4 Å². The Balaban J connectivity index is 1.21. The number of rotatable bonds is 7. The molecular weight excluding hydrogens is 661 g/mol. The van der Waals surface area contributed by atoms with Crippen molar-refractivity contribution in [1.29, 1.82) is 0 Å². The van der Waals surface area contributed by atoms with E-state index in [2.05, 4.69) is 108 Å². The van der Waals surface area contributed by atoms with Gasteiger partial charge in [0.1, 0.15) is 11.2 Å². The molecule has 54 heavy (non-hydrogen) atoms. The number of para-hydroxylation sites is 2. The molecule has 0 saturated carbocycles. The minimum Gasteiger partial charge on any atom is -0.456 e. The van der Waals surface area contributed by atoms with Crippen molar-refractivity contribution < 1.29 is 4.42 Å². The third kappa shape index (κ3) is 5.74. The molecule has 2 heterocycles. The highest BCUT2D eigenvalue weighted by atomic mass is 16.3. The molecule has 5 nitrogen and oxygen atoms in total. The highest BCUT2D eigenvalue weighted by Crippen LogP contribution is 2.44. The number of benzene rings is 8. The maximum absolute atomic E-state index is 6.63. The molecule has 0 radical (unpaired) electrons. The monoisotopic (exact) mass is 692 g/mol. The zero-order valence-corrected chi connectivity index (χ0v) is 29.2. The van der Waals surface area contributed by atoms with E-state index >= 15 is 0 Å². The summed E-state index contributed by atoms with van der Waals surface area (Å²) in [5.74, 6) is 1.78. The second kappa shape index (κ2) is 13.3. The van der Waals surface area contributed by atoms with Crippen molar-refractivity contribution in [1.82, 2.24) is 15.0 Å². The van der Waals surface area contributed by atoms with Gasteiger partial charge in [-0.15, -0.1) is 0 Å². The number of anilines is 3. The second-order valence-electron chi connectivity index (χ2n) is 13.3. The number of hydrogen-bond donors (Lipinski definition) is 0. The Bertz CT molecular complexity index is 2870. The van der Waals surface area contributed by atoms with Crippen molar-refractivity contribution in [2.45, 2.75) is 0 Å². The fourth-order valence-corrected chi connectivity index (χ4v) is 7.28. The minimum absolute atomic E-state index is 0.570. The molecule has 0 spiro atoms. The fraction of sp³-hybridized carbons (Fsp3) is 0. The summed E-state index contributed by atoms with van der Waals surface area (Å²) in [4.78, 5) is 17.6. The summed E-state index contributed by atoms with van der Waals surface area (Å²) in [7, 11) is 0. The van der Waals surface area contributed by atoms with Gasteiger partial charge in [-0.25, -0.2) is 15.0 Å². The lowest BCUT2D eigenvalue weighted by atomic mass is 10.00. The van der Waals surface area contributed by atoms with E-state index in [1.54, 1.807) is 0 Å². The summed E-state index contributed by atoms with van der Waals surface area (Å²) >= 11 is 0. The van der Waals surface area contributed by atoms with Gasteiger partial charge in [0.25, 0.3) is 0 Å². The van der Waals surface area contributed by atoms with E-state index in [9.17, 15) is 0 Å². The molecule has 0 aliphatic carbocycles. The summed E-state index contributed by atoms with van der Waals surface area (Å²) < 4.78 is 6.63. The molecule has 10 aromatic rings. The minimum atomic E-state index is 0.570. The molecule has 254 valence electrons. The third-order valence-electron chi connectivity index (χ3n) is 9.87. The van der Waals surface area contributed by atoms with Crippen molar-refractivity contribution in [2.75, 3.05) is 4.90 Å². The zero-order valence-electron chi connectivity index (χ0n) is 29.2. The first-order valence-electron chi connectivity index (χ1n) is 18.0. The Labute approximate surface area is 312 Å². The Kier molecular flexibility index (Phi) is 7.73. The van der Waals surface area contributed by atoms with Crippen molar-refractivity contribution >= 4 is 49.8 Å². The largest absolute Gasteiger partial charge is 0.456 e. The van der Waals surface area contributed by atoms with Crippen LogP contribution < -0.4 is 4.90 Å². The summed E-state index contributed by atoms with van der Waals surface area (Å²) in [5.41, 5.74) is 9.60. The Morgan fingerprint density at radius 2 is 0.907 bits per heavy atom. The van der Waals surface area contributed by atoms with Gasteiger partial charge in [0.2, 0.25) is 0 Å². The first-order chi connectivity index (χ1) is 26.7. The van der Waals surface area contributed by atoms with E-state index < -0.39 is 0 Å². The van der Waals surface area contributed by atoms with Crippen LogP contribution in [-0.4, -0.2) is 15.0 Å². The van der Waals surface area contributed by atoms with Crippen LogP contribution in [0.4, 0.5) is 17.1 Å². The molecule has 0 unspecified atom stereocenters. The van der Waals surface area contributed by atoms with Crippen LogP contribution in [0.15, 0.2) is 199 Å². The summed E-state index contributed by atoms with van der Waals surface area (Å²) in [6, 6.07) is 66.9. The van der Waals surface area contributed by atoms with Crippen molar-refractivity contribution in [3.8, 4) is 45.3 Å².